The van der Waals surface area contributed by atoms with Crippen LogP contribution in [-0.4, -0.2) is 46.1 Å². The molecule has 0 spiro atoms. The summed E-state index contributed by atoms with van der Waals surface area (Å²) in [6, 6.07) is 17.6. The molecule has 1 aliphatic rings. The fourth-order valence-corrected chi connectivity index (χ4v) is 4.16. The zero-order valence-corrected chi connectivity index (χ0v) is 19.3. The number of hydrogen-bond donors (Lipinski definition) is 2. The largest absolute Gasteiger partial charge is 0.357 e. The number of likely N-dealkylation sites (tertiary alicyclic amines) is 1. The van der Waals surface area contributed by atoms with Gasteiger partial charge in [0, 0.05) is 51.2 Å². The Bertz CT molecular complexity index is 1010. The quantitative estimate of drug-likeness (QED) is 0.407. The number of aliphatic imine (C=N–C) groups is 1. The molecule has 2 N–H and O–H groups in total. The van der Waals surface area contributed by atoms with Crippen LogP contribution in [-0.2, 0) is 19.6 Å². The third-order valence-electron chi connectivity index (χ3n) is 5.97. The van der Waals surface area contributed by atoms with E-state index >= 15 is 0 Å². The van der Waals surface area contributed by atoms with Crippen molar-refractivity contribution in [2.45, 2.75) is 45.4 Å². The fourth-order valence-electron chi connectivity index (χ4n) is 4.16. The van der Waals surface area contributed by atoms with Gasteiger partial charge in [0.1, 0.15) is 18.2 Å². The molecule has 1 aromatic heterocycles. The molecule has 7 heteroatoms. The smallest absolute Gasteiger partial charge is 0.191 e. The Balaban J connectivity index is 1.29. The minimum absolute atomic E-state index is 0.181. The Hall–Kier alpha value is -3.19. The summed E-state index contributed by atoms with van der Waals surface area (Å²) in [5.41, 5.74) is 2.40. The number of halogens is 1. The van der Waals surface area contributed by atoms with Gasteiger partial charge in [0.05, 0.1) is 0 Å². The molecular weight excluding hydrogens is 415 g/mol. The normalized spacial score (nSPS) is 15.5. The summed E-state index contributed by atoms with van der Waals surface area (Å²) in [7, 11) is 0. The topological polar surface area (TPSA) is 57.5 Å². The Morgan fingerprint density at radius 2 is 1.76 bits per heavy atom. The highest BCUT2D eigenvalue weighted by Crippen LogP contribution is 2.14. The van der Waals surface area contributed by atoms with Crippen molar-refractivity contribution in [3.63, 3.8) is 0 Å². The monoisotopic (exact) mass is 448 g/mol. The van der Waals surface area contributed by atoms with Crippen LogP contribution in [0.4, 0.5) is 4.39 Å². The molecule has 0 aliphatic carbocycles. The second-order valence-electron chi connectivity index (χ2n) is 8.47. The van der Waals surface area contributed by atoms with Crippen LogP contribution in [0.3, 0.4) is 0 Å². The summed E-state index contributed by atoms with van der Waals surface area (Å²) < 4.78 is 15.3. The van der Waals surface area contributed by atoms with Crippen molar-refractivity contribution in [3.8, 4) is 0 Å². The minimum Gasteiger partial charge on any atom is -0.357 e. The summed E-state index contributed by atoms with van der Waals surface area (Å²) in [5, 5.41) is 6.98. The van der Waals surface area contributed by atoms with Crippen molar-refractivity contribution in [3.05, 3.63) is 89.8 Å². The maximum absolute atomic E-state index is 13.1. The molecule has 1 aliphatic heterocycles. The van der Waals surface area contributed by atoms with E-state index in [1.807, 2.05) is 30.6 Å². The SMILES string of the molecule is CCNC(=NCc1nccn1Cc1ccccc1)NC1CCN(Cc2ccc(F)cc2)CC1. The Kier molecular flexibility index (Phi) is 8.09. The highest BCUT2D eigenvalue weighted by atomic mass is 19.1. The molecule has 174 valence electrons. The second-order valence-corrected chi connectivity index (χ2v) is 8.47. The third kappa shape index (κ3) is 6.89. The maximum atomic E-state index is 13.1. The molecule has 1 saturated heterocycles. The Morgan fingerprint density at radius 3 is 2.48 bits per heavy atom. The van der Waals surface area contributed by atoms with Crippen molar-refractivity contribution >= 4 is 5.96 Å². The minimum atomic E-state index is -0.181. The number of piperidine rings is 1. The van der Waals surface area contributed by atoms with E-state index < -0.39 is 0 Å². The molecule has 3 aromatic rings. The van der Waals surface area contributed by atoms with Crippen LogP contribution in [0, 0.1) is 5.82 Å². The van der Waals surface area contributed by atoms with Gasteiger partial charge in [-0.2, -0.15) is 0 Å². The van der Waals surface area contributed by atoms with Crippen LogP contribution < -0.4 is 10.6 Å². The molecule has 2 heterocycles. The molecular formula is C26H33FN6. The van der Waals surface area contributed by atoms with Crippen LogP contribution in [0.15, 0.2) is 72.0 Å². The van der Waals surface area contributed by atoms with Gasteiger partial charge in [-0.05, 0) is 43.0 Å². The molecule has 0 unspecified atom stereocenters. The molecule has 0 atom stereocenters. The number of aromatic nitrogens is 2. The van der Waals surface area contributed by atoms with E-state index in [1.54, 1.807) is 0 Å². The summed E-state index contributed by atoms with van der Waals surface area (Å²) >= 11 is 0. The summed E-state index contributed by atoms with van der Waals surface area (Å²) in [6.45, 7) is 7.10. The van der Waals surface area contributed by atoms with Gasteiger partial charge in [-0.3, -0.25) is 4.90 Å². The van der Waals surface area contributed by atoms with Crippen LogP contribution in [0.1, 0.15) is 36.7 Å². The van der Waals surface area contributed by atoms with E-state index in [0.29, 0.717) is 12.6 Å². The van der Waals surface area contributed by atoms with Crippen molar-refractivity contribution in [2.24, 2.45) is 4.99 Å². The Morgan fingerprint density at radius 1 is 1.03 bits per heavy atom. The second kappa shape index (κ2) is 11.6. The lowest BCUT2D eigenvalue weighted by molar-refractivity contribution is 0.198. The van der Waals surface area contributed by atoms with Crippen molar-refractivity contribution < 1.29 is 4.39 Å². The van der Waals surface area contributed by atoms with Crippen LogP contribution in [0.2, 0.25) is 0 Å². The van der Waals surface area contributed by atoms with Gasteiger partial charge in [-0.15, -0.1) is 0 Å². The standard InChI is InChI=1S/C26H33FN6/c1-2-28-26(30-18-25-29-14-17-33(25)20-21-6-4-3-5-7-21)31-24-12-15-32(16-13-24)19-22-8-10-23(27)11-9-22/h3-11,14,17,24H,2,12-13,15-16,18-20H2,1H3,(H2,28,30,31). The lowest BCUT2D eigenvalue weighted by Gasteiger charge is -2.33. The first-order valence-corrected chi connectivity index (χ1v) is 11.7. The fraction of sp³-hybridized carbons (Fsp3) is 0.385. The molecule has 6 nitrogen and oxygen atoms in total. The predicted octanol–water partition coefficient (Wildman–Crippen LogP) is 3.79. The third-order valence-corrected chi connectivity index (χ3v) is 5.97. The first-order valence-electron chi connectivity index (χ1n) is 11.7. The predicted molar refractivity (Wildman–Crippen MR) is 130 cm³/mol. The molecule has 33 heavy (non-hydrogen) atoms. The molecule has 0 amide bonds. The number of benzene rings is 2. The first-order chi connectivity index (χ1) is 16.2. The molecule has 0 bridgehead atoms. The van der Waals surface area contributed by atoms with E-state index in [1.165, 1.54) is 17.7 Å². The highest BCUT2D eigenvalue weighted by Gasteiger charge is 2.20. The molecule has 4 rings (SSSR count). The number of hydrogen-bond acceptors (Lipinski definition) is 3. The van der Waals surface area contributed by atoms with E-state index in [4.69, 9.17) is 4.99 Å². The molecule has 0 radical (unpaired) electrons. The average Bonchev–Trinajstić information content (AvgIpc) is 3.28. The van der Waals surface area contributed by atoms with Crippen molar-refractivity contribution in [2.75, 3.05) is 19.6 Å². The highest BCUT2D eigenvalue weighted by molar-refractivity contribution is 5.80. The van der Waals surface area contributed by atoms with E-state index in [0.717, 1.165) is 62.9 Å². The van der Waals surface area contributed by atoms with Crippen LogP contribution in [0.25, 0.3) is 0 Å². The van der Waals surface area contributed by atoms with E-state index in [-0.39, 0.29) is 5.82 Å². The molecule has 1 fully saturated rings. The van der Waals surface area contributed by atoms with Gasteiger partial charge in [-0.25, -0.2) is 14.4 Å². The number of guanidine groups is 1. The van der Waals surface area contributed by atoms with Crippen LogP contribution in [0.5, 0.6) is 0 Å². The number of rotatable bonds is 8. The lowest BCUT2D eigenvalue weighted by atomic mass is 10.0. The lowest BCUT2D eigenvalue weighted by Crippen LogP contribution is -2.48. The van der Waals surface area contributed by atoms with Crippen molar-refractivity contribution in [1.82, 2.24) is 25.1 Å². The summed E-state index contributed by atoms with van der Waals surface area (Å²) in [4.78, 5) is 11.8. The zero-order valence-electron chi connectivity index (χ0n) is 19.3. The maximum Gasteiger partial charge on any atom is 0.191 e. The number of imidazole rings is 1. The average molecular weight is 449 g/mol. The van der Waals surface area contributed by atoms with Gasteiger partial charge in [-0.1, -0.05) is 42.5 Å². The van der Waals surface area contributed by atoms with Crippen LogP contribution >= 0.6 is 0 Å². The number of nitrogens with one attached hydrogen (secondary N) is 2. The van der Waals surface area contributed by atoms with Gasteiger partial charge < -0.3 is 15.2 Å². The van der Waals surface area contributed by atoms with Crippen molar-refractivity contribution in [1.29, 1.82) is 0 Å². The molecule has 0 saturated carbocycles. The number of nitrogens with zero attached hydrogens (tertiary/aromatic N) is 4. The van der Waals surface area contributed by atoms with Gasteiger partial charge >= 0.3 is 0 Å². The zero-order chi connectivity index (χ0) is 22.9. The van der Waals surface area contributed by atoms with Gasteiger partial charge in [0.25, 0.3) is 0 Å². The molecule has 2 aromatic carbocycles. The summed E-state index contributed by atoms with van der Waals surface area (Å²) in [6.07, 6.45) is 5.95. The van der Waals surface area contributed by atoms with E-state index in [2.05, 4.69) is 56.3 Å². The summed E-state index contributed by atoms with van der Waals surface area (Å²) in [5.74, 6) is 1.60. The van der Waals surface area contributed by atoms with Gasteiger partial charge in [0.2, 0.25) is 0 Å². The van der Waals surface area contributed by atoms with E-state index in [9.17, 15) is 4.39 Å². The van der Waals surface area contributed by atoms with Gasteiger partial charge in [0.15, 0.2) is 5.96 Å². The Labute approximate surface area is 195 Å². The first kappa shape index (κ1) is 23.0.